The van der Waals surface area contributed by atoms with E-state index in [0.29, 0.717) is 18.9 Å². The molecule has 0 unspecified atom stereocenters. The first-order valence-electron chi connectivity index (χ1n) is 8.41. The number of likely N-dealkylation sites (tertiary alicyclic amines) is 1. The van der Waals surface area contributed by atoms with E-state index in [4.69, 9.17) is 9.47 Å². The number of hydrogen-bond acceptors (Lipinski definition) is 4. The molecule has 1 aromatic carbocycles. The molecule has 0 N–H and O–H groups in total. The highest BCUT2D eigenvalue weighted by atomic mass is 16.6. The molecule has 132 valence electrons. The van der Waals surface area contributed by atoms with E-state index >= 15 is 0 Å². The van der Waals surface area contributed by atoms with Gasteiger partial charge in [0, 0.05) is 6.54 Å². The van der Waals surface area contributed by atoms with E-state index in [1.54, 1.807) is 0 Å². The topological polar surface area (TPSA) is 55.8 Å². The van der Waals surface area contributed by atoms with Crippen molar-refractivity contribution in [3.63, 3.8) is 0 Å². The lowest BCUT2D eigenvalue weighted by Gasteiger charge is -2.38. The van der Waals surface area contributed by atoms with E-state index in [9.17, 15) is 9.59 Å². The number of carbonyl (C=O) groups excluding carboxylic acids is 2. The Bertz CT molecular complexity index is 564. The summed E-state index contributed by atoms with van der Waals surface area (Å²) in [4.78, 5) is 26.1. The summed E-state index contributed by atoms with van der Waals surface area (Å²) < 4.78 is 10.3. The average molecular weight is 333 g/mol. The van der Waals surface area contributed by atoms with Gasteiger partial charge in [0.25, 0.3) is 0 Å². The molecular weight excluding hydrogens is 306 g/mol. The van der Waals surface area contributed by atoms with Gasteiger partial charge in [-0.25, -0.2) is 9.59 Å². The fourth-order valence-electron chi connectivity index (χ4n) is 3.07. The minimum Gasteiger partial charge on any atom is -0.467 e. The van der Waals surface area contributed by atoms with Gasteiger partial charge >= 0.3 is 12.1 Å². The van der Waals surface area contributed by atoms with Gasteiger partial charge in [-0.2, -0.15) is 0 Å². The smallest absolute Gasteiger partial charge is 0.411 e. The van der Waals surface area contributed by atoms with Crippen LogP contribution in [0.15, 0.2) is 30.3 Å². The monoisotopic (exact) mass is 333 g/mol. The van der Waals surface area contributed by atoms with Crippen LogP contribution >= 0.6 is 0 Å². The molecule has 1 aromatic rings. The van der Waals surface area contributed by atoms with Crippen molar-refractivity contribution in [2.24, 2.45) is 5.92 Å². The molecule has 0 aliphatic carbocycles. The maximum atomic E-state index is 12.4. The van der Waals surface area contributed by atoms with Gasteiger partial charge in [-0.3, -0.25) is 4.90 Å². The number of ether oxygens (including phenoxy) is 2. The Hall–Kier alpha value is -2.04. The summed E-state index contributed by atoms with van der Waals surface area (Å²) in [5.74, 6) is -0.0335. The van der Waals surface area contributed by atoms with E-state index in [0.717, 1.165) is 12.8 Å². The van der Waals surface area contributed by atoms with Crippen molar-refractivity contribution in [1.29, 1.82) is 0 Å². The number of rotatable bonds is 3. The lowest BCUT2D eigenvalue weighted by molar-refractivity contribution is -0.148. The van der Waals surface area contributed by atoms with E-state index in [2.05, 4.69) is 12.1 Å². The van der Waals surface area contributed by atoms with E-state index in [-0.39, 0.29) is 5.97 Å². The van der Waals surface area contributed by atoms with Gasteiger partial charge in [-0.15, -0.1) is 0 Å². The van der Waals surface area contributed by atoms with Crippen LogP contribution in [0.2, 0.25) is 0 Å². The van der Waals surface area contributed by atoms with Crippen LogP contribution in [0.3, 0.4) is 0 Å². The van der Waals surface area contributed by atoms with Crippen molar-refractivity contribution in [3.05, 3.63) is 35.9 Å². The maximum absolute atomic E-state index is 12.4. The van der Waals surface area contributed by atoms with Gasteiger partial charge < -0.3 is 9.47 Å². The number of benzene rings is 1. The van der Waals surface area contributed by atoms with Crippen LogP contribution in [0.4, 0.5) is 4.79 Å². The molecule has 1 fully saturated rings. The predicted octanol–water partition coefficient (Wildman–Crippen LogP) is 3.42. The molecule has 0 aromatic heterocycles. The van der Waals surface area contributed by atoms with E-state index in [1.807, 2.05) is 39.0 Å². The Morgan fingerprint density at radius 1 is 1.21 bits per heavy atom. The first kappa shape index (κ1) is 18.3. The van der Waals surface area contributed by atoms with Crippen molar-refractivity contribution in [3.8, 4) is 0 Å². The zero-order chi connectivity index (χ0) is 17.7. The summed E-state index contributed by atoms with van der Waals surface area (Å²) in [5.41, 5.74) is 0.662. The molecule has 5 heteroatoms. The lowest BCUT2D eigenvalue weighted by atomic mass is 9.86. The van der Waals surface area contributed by atoms with Gasteiger partial charge in [0.1, 0.15) is 11.6 Å². The second-order valence-corrected chi connectivity index (χ2v) is 7.29. The van der Waals surface area contributed by atoms with Crippen LogP contribution in [0.25, 0.3) is 0 Å². The Morgan fingerprint density at radius 3 is 2.46 bits per heavy atom. The average Bonchev–Trinajstić information content (AvgIpc) is 2.53. The Kier molecular flexibility index (Phi) is 5.86. The van der Waals surface area contributed by atoms with Crippen LogP contribution in [0.1, 0.15) is 39.2 Å². The molecule has 1 saturated heterocycles. The first-order chi connectivity index (χ1) is 11.3. The van der Waals surface area contributed by atoms with Crippen LogP contribution in [-0.4, -0.2) is 42.3 Å². The first-order valence-corrected chi connectivity index (χ1v) is 8.41. The van der Waals surface area contributed by atoms with Crippen molar-refractivity contribution in [2.45, 2.75) is 51.7 Å². The van der Waals surface area contributed by atoms with Crippen LogP contribution in [0, 0.1) is 5.92 Å². The fraction of sp³-hybridized carbons (Fsp3) is 0.579. The summed E-state index contributed by atoms with van der Waals surface area (Å²) >= 11 is 0. The molecule has 5 nitrogen and oxygen atoms in total. The molecule has 1 heterocycles. The lowest BCUT2D eigenvalue weighted by Crippen LogP contribution is -2.52. The summed E-state index contributed by atoms with van der Waals surface area (Å²) in [6, 6.07) is 9.63. The highest BCUT2D eigenvalue weighted by Crippen LogP contribution is 2.28. The second kappa shape index (κ2) is 7.69. The predicted molar refractivity (Wildman–Crippen MR) is 91.6 cm³/mol. The summed E-state index contributed by atoms with van der Waals surface area (Å²) in [6.45, 7) is 5.97. The third-order valence-electron chi connectivity index (χ3n) is 4.18. The molecule has 2 rings (SSSR count). The molecular formula is C19H27NO4. The molecule has 2 atom stereocenters. The number of hydrogen-bond donors (Lipinski definition) is 0. The van der Waals surface area contributed by atoms with Gasteiger partial charge in [0.05, 0.1) is 7.11 Å². The highest BCUT2D eigenvalue weighted by Gasteiger charge is 2.38. The Labute approximate surface area is 143 Å². The van der Waals surface area contributed by atoms with Crippen molar-refractivity contribution < 1.29 is 19.1 Å². The van der Waals surface area contributed by atoms with Gasteiger partial charge in [0.2, 0.25) is 0 Å². The van der Waals surface area contributed by atoms with Gasteiger partial charge in [-0.05, 0) is 51.5 Å². The number of carbonyl (C=O) groups is 2. The van der Waals surface area contributed by atoms with Gasteiger partial charge in [0.15, 0.2) is 0 Å². The zero-order valence-corrected chi connectivity index (χ0v) is 15.0. The molecule has 0 bridgehead atoms. The zero-order valence-electron chi connectivity index (χ0n) is 15.0. The Balaban J connectivity index is 2.07. The number of nitrogens with zero attached hydrogens (tertiary/aromatic N) is 1. The minimum atomic E-state index is -0.585. The summed E-state index contributed by atoms with van der Waals surface area (Å²) in [7, 11) is 1.36. The van der Waals surface area contributed by atoms with Crippen molar-refractivity contribution in [2.75, 3.05) is 13.7 Å². The van der Waals surface area contributed by atoms with E-state index in [1.165, 1.54) is 17.6 Å². The second-order valence-electron chi connectivity index (χ2n) is 7.29. The number of methoxy groups -OCH3 is 1. The molecule has 0 radical (unpaired) electrons. The molecule has 0 spiro atoms. The molecule has 1 aliphatic heterocycles. The fourth-order valence-corrected chi connectivity index (χ4v) is 3.07. The Morgan fingerprint density at radius 2 is 1.88 bits per heavy atom. The maximum Gasteiger partial charge on any atom is 0.411 e. The number of piperidine rings is 1. The molecule has 1 amide bonds. The summed E-state index contributed by atoms with van der Waals surface area (Å²) in [6.07, 6.45) is 1.90. The van der Waals surface area contributed by atoms with Gasteiger partial charge in [-0.1, -0.05) is 30.3 Å². The molecule has 1 aliphatic rings. The SMILES string of the molecule is COC(=O)[C@H]1C[C@H](Cc2ccccc2)CCN1C(=O)OC(C)(C)C. The highest BCUT2D eigenvalue weighted by molar-refractivity contribution is 5.81. The van der Waals surface area contributed by atoms with Crippen LogP contribution < -0.4 is 0 Å². The van der Waals surface area contributed by atoms with Crippen LogP contribution in [-0.2, 0) is 20.7 Å². The number of amides is 1. The minimum absolute atomic E-state index is 0.343. The molecule has 24 heavy (non-hydrogen) atoms. The van der Waals surface area contributed by atoms with E-state index < -0.39 is 17.7 Å². The third kappa shape index (κ3) is 4.98. The van der Waals surface area contributed by atoms with Crippen molar-refractivity contribution >= 4 is 12.1 Å². The third-order valence-corrected chi connectivity index (χ3v) is 4.18. The quantitative estimate of drug-likeness (QED) is 0.795. The normalized spacial score (nSPS) is 21.2. The molecule has 0 saturated carbocycles. The van der Waals surface area contributed by atoms with Crippen molar-refractivity contribution in [1.82, 2.24) is 4.90 Å². The van der Waals surface area contributed by atoms with Crippen LogP contribution in [0.5, 0.6) is 0 Å². The largest absolute Gasteiger partial charge is 0.467 e. The summed E-state index contributed by atoms with van der Waals surface area (Å²) in [5, 5.41) is 0. The standard InChI is InChI=1S/C19H27NO4/c1-19(2,3)24-18(22)20-11-10-15(13-16(20)17(21)23-4)12-14-8-6-5-7-9-14/h5-9,15-16H,10-13H2,1-4H3/t15-,16+/m0/s1. The number of esters is 1.